The van der Waals surface area contributed by atoms with E-state index in [9.17, 15) is 13.2 Å². The number of benzene rings is 2. The average Bonchev–Trinajstić information content (AvgIpc) is 2.98. The standard InChI is InChI=1S/C19H20N2O3S/c1-13(2)15-4-7-17(8-5-15)20-25(23,24)18-9-6-16-10-11-21(14(3)22)19(16)12-18/h4-9,12,20H,1,10-11H2,2-3H3. The maximum atomic E-state index is 12.7. The Morgan fingerprint density at radius 2 is 1.80 bits per heavy atom. The lowest BCUT2D eigenvalue weighted by Gasteiger charge is -2.16. The molecular formula is C19H20N2O3S. The Kier molecular flexibility index (Phi) is 4.39. The second-order valence-electron chi connectivity index (χ2n) is 6.17. The third-order valence-electron chi connectivity index (χ3n) is 4.27. The van der Waals surface area contributed by atoms with Gasteiger partial charge in [0, 0.05) is 24.8 Å². The van der Waals surface area contributed by atoms with Gasteiger partial charge in [-0.2, -0.15) is 0 Å². The molecule has 0 atom stereocenters. The van der Waals surface area contributed by atoms with Gasteiger partial charge in [0.25, 0.3) is 10.0 Å². The normalized spacial score (nSPS) is 13.4. The van der Waals surface area contributed by atoms with E-state index in [1.807, 2.05) is 19.1 Å². The third-order valence-corrected chi connectivity index (χ3v) is 5.65. The molecule has 0 saturated carbocycles. The Bertz CT molecular complexity index is 947. The van der Waals surface area contributed by atoms with Crippen molar-refractivity contribution in [2.24, 2.45) is 0 Å². The van der Waals surface area contributed by atoms with E-state index >= 15 is 0 Å². The topological polar surface area (TPSA) is 66.5 Å². The maximum Gasteiger partial charge on any atom is 0.261 e. The highest BCUT2D eigenvalue weighted by Crippen LogP contribution is 2.31. The quantitative estimate of drug-likeness (QED) is 0.913. The Morgan fingerprint density at radius 1 is 1.12 bits per heavy atom. The van der Waals surface area contributed by atoms with Crippen molar-refractivity contribution in [1.29, 1.82) is 0 Å². The van der Waals surface area contributed by atoms with Crippen LogP contribution in [0.2, 0.25) is 0 Å². The minimum atomic E-state index is -3.73. The maximum absolute atomic E-state index is 12.7. The first-order chi connectivity index (χ1) is 11.8. The van der Waals surface area contributed by atoms with Crippen LogP contribution in [0.4, 0.5) is 11.4 Å². The van der Waals surface area contributed by atoms with Gasteiger partial charge in [-0.25, -0.2) is 8.42 Å². The zero-order valence-electron chi connectivity index (χ0n) is 14.2. The van der Waals surface area contributed by atoms with Crippen molar-refractivity contribution in [2.45, 2.75) is 25.2 Å². The summed E-state index contributed by atoms with van der Waals surface area (Å²) in [4.78, 5) is 13.5. The van der Waals surface area contributed by atoms with Crippen LogP contribution in [0.25, 0.3) is 5.57 Å². The van der Waals surface area contributed by atoms with Crippen molar-refractivity contribution in [3.8, 4) is 0 Å². The number of rotatable bonds is 4. The molecule has 0 unspecified atom stereocenters. The van der Waals surface area contributed by atoms with Crippen molar-refractivity contribution >= 4 is 32.9 Å². The largest absolute Gasteiger partial charge is 0.312 e. The molecule has 0 aliphatic carbocycles. The number of hydrogen-bond donors (Lipinski definition) is 1. The second kappa shape index (κ2) is 6.37. The summed E-state index contributed by atoms with van der Waals surface area (Å²) >= 11 is 0. The lowest BCUT2D eigenvalue weighted by molar-refractivity contribution is -0.116. The summed E-state index contributed by atoms with van der Waals surface area (Å²) in [6.45, 7) is 7.83. The van der Waals surface area contributed by atoms with Crippen LogP contribution < -0.4 is 9.62 Å². The lowest BCUT2D eigenvalue weighted by atomic mass is 10.1. The Morgan fingerprint density at radius 3 is 2.40 bits per heavy atom. The van der Waals surface area contributed by atoms with Crippen LogP contribution in [0.5, 0.6) is 0 Å². The fourth-order valence-corrected chi connectivity index (χ4v) is 3.97. The molecule has 2 aromatic rings. The van der Waals surface area contributed by atoms with Gasteiger partial charge < -0.3 is 4.90 Å². The van der Waals surface area contributed by atoms with Gasteiger partial charge >= 0.3 is 0 Å². The zero-order valence-corrected chi connectivity index (χ0v) is 15.1. The van der Waals surface area contributed by atoms with Crippen LogP contribution in [0, 0.1) is 0 Å². The van der Waals surface area contributed by atoms with Gasteiger partial charge in [-0.1, -0.05) is 30.4 Å². The van der Waals surface area contributed by atoms with Gasteiger partial charge in [-0.15, -0.1) is 0 Å². The van der Waals surface area contributed by atoms with Gasteiger partial charge in [0.1, 0.15) is 0 Å². The van der Waals surface area contributed by atoms with Crippen LogP contribution >= 0.6 is 0 Å². The van der Waals surface area contributed by atoms with E-state index in [4.69, 9.17) is 0 Å². The molecule has 130 valence electrons. The first-order valence-electron chi connectivity index (χ1n) is 7.98. The molecule has 6 heteroatoms. The van der Waals surface area contributed by atoms with Crippen molar-refractivity contribution in [1.82, 2.24) is 0 Å². The third kappa shape index (κ3) is 3.44. The summed E-state index contributed by atoms with van der Waals surface area (Å²) in [5.41, 5.74) is 4.01. The molecule has 0 fully saturated rings. The minimum absolute atomic E-state index is 0.0864. The highest BCUT2D eigenvalue weighted by atomic mass is 32.2. The van der Waals surface area contributed by atoms with Gasteiger partial charge in [-0.3, -0.25) is 9.52 Å². The number of anilines is 2. The molecule has 0 aromatic heterocycles. The van der Waals surface area contributed by atoms with Crippen molar-refractivity contribution < 1.29 is 13.2 Å². The lowest BCUT2D eigenvalue weighted by Crippen LogP contribution is -2.26. The molecule has 1 amide bonds. The number of nitrogens with one attached hydrogen (secondary N) is 1. The molecule has 5 nitrogen and oxygen atoms in total. The van der Waals surface area contributed by atoms with Crippen LogP contribution in [-0.2, 0) is 21.2 Å². The Hall–Kier alpha value is -2.60. The number of amides is 1. The van der Waals surface area contributed by atoms with Crippen LogP contribution in [-0.4, -0.2) is 20.9 Å². The molecule has 1 aliphatic heterocycles. The summed E-state index contributed by atoms with van der Waals surface area (Å²) < 4.78 is 27.9. The smallest absolute Gasteiger partial charge is 0.261 e. The second-order valence-corrected chi connectivity index (χ2v) is 7.86. The number of nitrogens with zero attached hydrogens (tertiary/aromatic N) is 1. The molecule has 0 radical (unpaired) electrons. The highest BCUT2D eigenvalue weighted by Gasteiger charge is 2.25. The molecule has 0 bridgehead atoms. The van der Waals surface area contributed by atoms with Crippen molar-refractivity contribution in [3.05, 3.63) is 60.2 Å². The highest BCUT2D eigenvalue weighted by molar-refractivity contribution is 7.92. The van der Waals surface area contributed by atoms with Crippen LogP contribution in [0.15, 0.2) is 53.9 Å². The monoisotopic (exact) mass is 356 g/mol. The number of hydrogen-bond acceptors (Lipinski definition) is 3. The summed E-state index contributed by atoms with van der Waals surface area (Å²) in [6.07, 6.45) is 0.741. The summed E-state index contributed by atoms with van der Waals surface area (Å²) in [5.74, 6) is -0.0864. The Labute approximate surface area is 148 Å². The fourth-order valence-electron chi connectivity index (χ4n) is 2.89. The van der Waals surface area contributed by atoms with E-state index in [0.29, 0.717) is 17.9 Å². The molecule has 25 heavy (non-hydrogen) atoms. The predicted octanol–water partition coefficient (Wildman–Crippen LogP) is 3.43. The van der Waals surface area contributed by atoms with Gasteiger partial charge in [-0.05, 0) is 48.7 Å². The molecule has 0 saturated heterocycles. The molecular weight excluding hydrogens is 336 g/mol. The van der Waals surface area contributed by atoms with E-state index < -0.39 is 10.0 Å². The number of fused-ring (bicyclic) bond motifs is 1. The summed E-state index contributed by atoms with van der Waals surface area (Å²) in [5, 5.41) is 0. The number of sulfonamides is 1. The van der Waals surface area contributed by atoms with E-state index in [-0.39, 0.29) is 10.8 Å². The fraction of sp³-hybridized carbons (Fsp3) is 0.211. The number of carbonyl (C=O) groups excluding carboxylic acids is 1. The summed E-state index contributed by atoms with van der Waals surface area (Å²) in [7, 11) is -3.73. The van der Waals surface area contributed by atoms with Crippen molar-refractivity contribution in [2.75, 3.05) is 16.2 Å². The molecule has 3 rings (SSSR count). The van der Waals surface area contributed by atoms with Gasteiger partial charge in [0.15, 0.2) is 0 Å². The first kappa shape index (κ1) is 17.2. The molecule has 1 heterocycles. The van der Waals surface area contributed by atoms with Crippen LogP contribution in [0.3, 0.4) is 0 Å². The van der Waals surface area contributed by atoms with E-state index in [1.165, 1.54) is 6.92 Å². The first-order valence-corrected chi connectivity index (χ1v) is 9.46. The molecule has 2 aromatic carbocycles. The number of allylic oxidation sites excluding steroid dienone is 1. The van der Waals surface area contributed by atoms with E-state index in [1.54, 1.807) is 35.2 Å². The summed E-state index contributed by atoms with van der Waals surface area (Å²) in [6, 6.07) is 12.0. The zero-order chi connectivity index (χ0) is 18.2. The van der Waals surface area contributed by atoms with Gasteiger partial charge in [0.05, 0.1) is 4.90 Å². The SMILES string of the molecule is C=C(C)c1ccc(NS(=O)(=O)c2ccc3c(c2)N(C(C)=O)CC3)cc1. The Balaban J connectivity index is 1.89. The van der Waals surface area contributed by atoms with E-state index in [2.05, 4.69) is 11.3 Å². The molecule has 0 spiro atoms. The average molecular weight is 356 g/mol. The number of carbonyl (C=O) groups is 1. The molecule has 1 aliphatic rings. The predicted molar refractivity (Wildman–Crippen MR) is 100 cm³/mol. The minimum Gasteiger partial charge on any atom is -0.312 e. The van der Waals surface area contributed by atoms with E-state index in [0.717, 1.165) is 23.1 Å². The van der Waals surface area contributed by atoms with Gasteiger partial charge in [0.2, 0.25) is 5.91 Å². The molecule has 1 N–H and O–H groups in total. The van der Waals surface area contributed by atoms with Crippen molar-refractivity contribution in [3.63, 3.8) is 0 Å². The van der Waals surface area contributed by atoms with Crippen LogP contribution in [0.1, 0.15) is 25.0 Å².